The summed E-state index contributed by atoms with van der Waals surface area (Å²) in [6, 6.07) is 11.1. The maximum Gasteiger partial charge on any atom is 0.271 e. The molecule has 0 fully saturated rings. The molecule has 106 valence electrons. The predicted octanol–water partition coefficient (Wildman–Crippen LogP) is 3.54. The molecule has 0 radical (unpaired) electrons. The summed E-state index contributed by atoms with van der Waals surface area (Å²) in [6.45, 7) is 0. The molecular formula is C15H11FN2O3. The molecule has 0 aliphatic heterocycles. The number of hydrogen-bond donors (Lipinski definition) is 1. The van der Waals surface area contributed by atoms with E-state index >= 15 is 0 Å². The van der Waals surface area contributed by atoms with E-state index in [1.165, 1.54) is 54.7 Å². The van der Waals surface area contributed by atoms with Gasteiger partial charge in [-0.1, -0.05) is 6.07 Å². The Bertz CT molecular complexity index is 696. The molecule has 0 aliphatic rings. The van der Waals surface area contributed by atoms with Gasteiger partial charge < -0.3 is 5.32 Å². The van der Waals surface area contributed by atoms with Crippen LogP contribution in [-0.2, 0) is 0 Å². The van der Waals surface area contributed by atoms with Gasteiger partial charge in [-0.25, -0.2) is 4.39 Å². The lowest BCUT2D eigenvalue weighted by Crippen LogP contribution is -1.96. The van der Waals surface area contributed by atoms with Crippen LogP contribution in [-0.4, -0.2) is 10.7 Å². The summed E-state index contributed by atoms with van der Waals surface area (Å²) < 4.78 is 12.7. The van der Waals surface area contributed by atoms with Crippen LogP contribution in [0.25, 0.3) is 0 Å². The summed E-state index contributed by atoms with van der Waals surface area (Å²) in [4.78, 5) is 21.9. The zero-order valence-electron chi connectivity index (χ0n) is 10.8. The number of allylic oxidation sites excluding steroid dienone is 1. The van der Waals surface area contributed by atoms with E-state index < -0.39 is 10.7 Å². The fourth-order valence-electron chi connectivity index (χ4n) is 1.63. The van der Waals surface area contributed by atoms with E-state index in [1.807, 2.05) is 0 Å². The molecule has 21 heavy (non-hydrogen) atoms. The Hall–Kier alpha value is -3.02. The zero-order chi connectivity index (χ0) is 15.2. The number of carbonyl (C=O) groups is 1. The SMILES string of the molecule is O=C(/C=C/Nc1cccc([N+](=O)[O-])c1)c1ccc(F)cc1. The normalized spacial score (nSPS) is 10.5. The van der Waals surface area contributed by atoms with Gasteiger partial charge in [0, 0.05) is 35.7 Å². The van der Waals surface area contributed by atoms with Gasteiger partial charge in [0.15, 0.2) is 5.78 Å². The molecule has 0 spiro atoms. The van der Waals surface area contributed by atoms with Gasteiger partial charge in [-0.15, -0.1) is 0 Å². The number of hydrogen-bond acceptors (Lipinski definition) is 4. The maximum atomic E-state index is 12.7. The summed E-state index contributed by atoms with van der Waals surface area (Å²) >= 11 is 0. The average Bonchev–Trinajstić information content (AvgIpc) is 2.48. The Balaban J connectivity index is 2.02. The molecule has 5 nitrogen and oxygen atoms in total. The Kier molecular flexibility index (Phi) is 4.40. The van der Waals surface area contributed by atoms with Gasteiger partial charge in [-0.05, 0) is 30.3 Å². The first-order valence-corrected chi connectivity index (χ1v) is 6.04. The number of ketones is 1. The van der Waals surface area contributed by atoms with E-state index in [1.54, 1.807) is 6.07 Å². The van der Waals surface area contributed by atoms with Crippen molar-refractivity contribution in [2.24, 2.45) is 0 Å². The number of carbonyl (C=O) groups excluding carboxylic acids is 1. The number of nitrogens with zero attached hydrogens (tertiary/aromatic N) is 1. The van der Waals surface area contributed by atoms with Crippen molar-refractivity contribution in [2.45, 2.75) is 0 Å². The molecule has 0 atom stereocenters. The van der Waals surface area contributed by atoms with Gasteiger partial charge in [0.1, 0.15) is 5.82 Å². The number of benzene rings is 2. The van der Waals surface area contributed by atoms with Crippen molar-refractivity contribution < 1.29 is 14.1 Å². The molecule has 2 aromatic carbocycles. The van der Waals surface area contributed by atoms with Crippen LogP contribution in [0, 0.1) is 15.9 Å². The number of non-ortho nitro benzene ring substituents is 1. The van der Waals surface area contributed by atoms with Crippen molar-refractivity contribution in [3.8, 4) is 0 Å². The number of nitro groups is 1. The Labute approximate surface area is 119 Å². The van der Waals surface area contributed by atoms with E-state index in [9.17, 15) is 19.3 Å². The standard InChI is InChI=1S/C15H11FN2O3/c16-12-6-4-11(5-7-12)15(19)8-9-17-13-2-1-3-14(10-13)18(20)21/h1-10,17H/b9-8+. The van der Waals surface area contributed by atoms with Gasteiger partial charge in [-0.3, -0.25) is 14.9 Å². The zero-order valence-corrected chi connectivity index (χ0v) is 10.8. The van der Waals surface area contributed by atoms with Crippen LogP contribution in [0.5, 0.6) is 0 Å². The van der Waals surface area contributed by atoms with E-state index in [4.69, 9.17) is 0 Å². The van der Waals surface area contributed by atoms with Crippen LogP contribution >= 0.6 is 0 Å². The molecule has 6 heteroatoms. The Morgan fingerprint density at radius 1 is 1.19 bits per heavy atom. The van der Waals surface area contributed by atoms with E-state index in [0.717, 1.165) is 0 Å². The van der Waals surface area contributed by atoms with Crippen molar-refractivity contribution in [1.82, 2.24) is 0 Å². The number of nitro benzene ring substituents is 1. The topological polar surface area (TPSA) is 72.2 Å². The van der Waals surface area contributed by atoms with Crippen LogP contribution in [0.1, 0.15) is 10.4 Å². The highest BCUT2D eigenvalue weighted by Crippen LogP contribution is 2.16. The summed E-state index contributed by atoms with van der Waals surface area (Å²) in [6.07, 6.45) is 2.65. The van der Waals surface area contributed by atoms with Crippen LogP contribution in [0.4, 0.5) is 15.8 Å². The third-order valence-corrected chi connectivity index (χ3v) is 2.67. The van der Waals surface area contributed by atoms with Crippen molar-refractivity contribution >= 4 is 17.2 Å². The molecule has 0 saturated carbocycles. The van der Waals surface area contributed by atoms with Crippen LogP contribution < -0.4 is 5.32 Å². The van der Waals surface area contributed by atoms with Gasteiger partial charge in [0.25, 0.3) is 5.69 Å². The molecular weight excluding hydrogens is 275 g/mol. The lowest BCUT2D eigenvalue weighted by molar-refractivity contribution is -0.384. The third kappa shape index (κ3) is 3.97. The number of halogens is 1. The molecule has 1 N–H and O–H groups in total. The van der Waals surface area contributed by atoms with Crippen molar-refractivity contribution in [3.63, 3.8) is 0 Å². The highest BCUT2D eigenvalue weighted by atomic mass is 19.1. The number of rotatable bonds is 5. The largest absolute Gasteiger partial charge is 0.361 e. The first-order valence-electron chi connectivity index (χ1n) is 6.04. The van der Waals surface area contributed by atoms with Gasteiger partial charge in [-0.2, -0.15) is 0 Å². The fourth-order valence-corrected chi connectivity index (χ4v) is 1.63. The summed E-state index contributed by atoms with van der Waals surface area (Å²) in [5, 5.41) is 13.4. The molecule has 0 bridgehead atoms. The van der Waals surface area contributed by atoms with Crippen molar-refractivity contribution in [3.05, 3.63) is 82.3 Å². The minimum atomic E-state index is -0.501. The molecule has 2 rings (SSSR count). The molecule has 0 heterocycles. The van der Waals surface area contributed by atoms with Gasteiger partial charge in [0.2, 0.25) is 0 Å². The molecule has 0 amide bonds. The van der Waals surface area contributed by atoms with Crippen molar-refractivity contribution in [2.75, 3.05) is 5.32 Å². The van der Waals surface area contributed by atoms with E-state index in [0.29, 0.717) is 11.3 Å². The Morgan fingerprint density at radius 2 is 1.90 bits per heavy atom. The maximum absolute atomic E-state index is 12.7. The van der Waals surface area contributed by atoms with Gasteiger partial charge >= 0.3 is 0 Å². The molecule has 0 aromatic heterocycles. The minimum Gasteiger partial charge on any atom is -0.361 e. The monoisotopic (exact) mass is 286 g/mol. The lowest BCUT2D eigenvalue weighted by Gasteiger charge is -2.00. The quantitative estimate of drug-likeness (QED) is 0.395. The number of nitrogens with one attached hydrogen (secondary N) is 1. The van der Waals surface area contributed by atoms with Crippen LogP contribution in [0.2, 0.25) is 0 Å². The highest BCUT2D eigenvalue weighted by Gasteiger charge is 2.05. The highest BCUT2D eigenvalue weighted by molar-refractivity contribution is 6.04. The summed E-state index contributed by atoms with van der Waals surface area (Å²) in [7, 11) is 0. The summed E-state index contributed by atoms with van der Waals surface area (Å²) in [5.74, 6) is -0.710. The predicted molar refractivity (Wildman–Crippen MR) is 76.6 cm³/mol. The summed E-state index contributed by atoms with van der Waals surface area (Å²) in [5.41, 5.74) is 0.805. The fraction of sp³-hybridized carbons (Fsp3) is 0. The molecule has 0 saturated heterocycles. The van der Waals surface area contributed by atoms with Crippen LogP contribution in [0.15, 0.2) is 60.8 Å². The first kappa shape index (κ1) is 14.4. The minimum absolute atomic E-state index is 0.0433. The van der Waals surface area contributed by atoms with Gasteiger partial charge in [0.05, 0.1) is 4.92 Å². The molecule has 0 aliphatic carbocycles. The second-order valence-corrected chi connectivity index (χ2v) is 4.16. The molecule has 0 unspecified atom stereocenters. The second-order valence-electron chi connectivity index (χ2n) is 4.16. The average molecular weight is 286 g/mol. The molecule has 2 aromatic rings. The van der Waals surface area contributed by atoms with Crippen molar-refractivity contribution in [1.29, 1.82) is 0 Å². The first-order chi connectivity index (χ1) is 10.1. The second kappa shape index (κ2) is 6.42. The van der Waals surface area contributed by atoms with E-state index in [-0.39, 0.29) is 11.5 Å². The Morgan fingerprint density at radius 3 is 2.57 bits per heavy atom. The number of anilines is 1. The van der Waals surface area contributed by atoms with Crippen LogP contribution in [0.3, 0.4) is 0 Å². The lowest BCUT2D eigenvalue weighted by atomic mass is 10.1. The smallest absolute Gasteiger partial charge is 0.271 e. The van der Waals surface area contributed by atoms with E-state index in [2.05, 4.69) is 5.32 Å². The third-order valence-electron chi connectivity index (χ3n) is 2.67.